The molecule has 18 heavy (non-hydrogen) atoms. The summed E-state index contributed by atoms with van der Waals surface area (Å²) in [6.07, 6.45) is 1.66. The van der Waals surface area contributed by atoms with E-state index >= 15 is 0 Å². The molecule has 0 saturated carbocycles. The molecule has 0 unspecified atom stereocenters. The molecule has 0 aliphatic rings. The minimum Gasteiger partial charge on any atom is -0.508 e. The number of hydrogen-bond donors (Lipinski definition) is 1. The van der Waals surface area contributed by atoms with E-state index in [1.165, 1.54) is 22.0 Å². The fourth-order valence-electron chi connectivity index (χ4n) is 1.71. The second-order valence-electron chi connectivity index (χ2n) is 4.02. The zero-order valence-electron chi connectivity index (χ0n) is 9.59. The molecule has 0 atom stereocenters. The third kappa shape index (κ3) is 1.82. The molecule has 0 fully saturated rings. The average Bonchev–Trinajstić information content (AvgIpc) is 2.75. The Morgan fingerprint density at radius 2 is 2.11 bits per heavy atom. The first-order chi connectivity index (χ1) is 8.63. The maximum atomic E-state index is 13.5. The molecule has 1 N–H and O–H groups in total. The van der Waals surface area contributed by atoms with Crippen LogP contribution in [0.25, 0.3) is 20.8 Å². The van der Waals surface area contributed by atoms with Crippen LogP contribution >= 0.6 is 11.3 Å². The third-order valence-electron chi connectivity index (χ3n) is 2.71. The lowest BCUT2D eigenvalue weighted by Gasteiger charge is -1.94. The number of aromatic hydroxyl groups is 1. The number of thiazole rings is 1. The largest absolute Gasteiger partial charge is 0.508 e. The first-order valence-electron chi connectivity index (χ1n) is 5.38. The lowest BCUT2D eigenvalue weighted by molar-refractivity contribution is -0.700. The topological polar surface area (TPSA) is 37.0 Å². The summed E-state index contributed by atoms with van der Waals surface area (Å²) in [5.41, 5.74) is 1.55. The molecule has 1 aromatic carbocycles. The second-order valence-corrected chi connectivity index (χ2v) is 5.05. The van der Waals surface area contributed by atoms with E-state index in [9.17, 15) is 9.50 Å². The summed E-state index contributed by atoms with van der Waals surface area (Å²) < 4.78 is 15.8. The van der Waals surface area contributed by atoms with Gasteiger partial charge in [-0.05, 0) is 18.2 Å². The molecule has 0 aliphatic carbocycles. The van der Waals surface area contributed by atoms with Crippen molar-refractivity contribution in [3.8, 4) is 16.3 Å². The number of aryl methyl sites for hydroxylation is 1. The van der Waals surface area contributed by atoms with Crippen molar-refractivity contribution in [2.45, 2.75) is 0 Å². The van der Waals surface area contributed by atoms with Crippen molar-refractivity contribution >= 4 is 21.6 Å². The van der Waals surface area contributed by atoms with Crippen LogP contribution in [0, 0.1) is 5.95 Å². The lowest BCUT2D eigenvalue weighted by Crippen LogP contribution is -2.31. The molecule has 3 rings (SSSR count). The maximum Gasteiger partial charge on any atom is 0.359 e. The highest BCUT2D eigenvalue weighted by atomic mass is 32.1. The summed E-state index contributed by atoms with van der Waals surface area (Å²) in [6.45, 7) is 0. The highest BCUT2D eigenvalue weighted by Gasteiger charge is 2.11. The smallest absolute Gasteiger partial charge is 0.359 e. The highest BCUT2D eigenvalue weighted by Crippen LogP contribution is 2.31. The van der Waals surface area contributed by atoms with E-state index < -0.39 is 0 Å². The quantitative estimate of drug-likeness (QED) is 0.540. The number of phenols is 1. The number of halogens is 1. The molecule has 2 aromatic heterocycles. The number of rotatable bonds is 1. The third-order valence-corrected chi connectivity index (χ3v) is 3.78. The van der Waals surface area contributed by atoms with Crippen LogP contribution in [-0.2, 0) is 7.05 Å². The molecular formula is C13H10FN2OS+. The fourth-order valence-corrected chi connectivity index (χ4v) is 2.71. The summed E-state index contributed by atoms with van der Waals surface area (Å²) >= 11 is 1.43. The van der Waals surface area contributed by atoms with Gasteiger partial charge in [0.05, 0.1) is 16.3 Å². The second kappa shape index (κ2) is 4.03. The number of pyridine rings is 1. The molecule has 2 heterocycles. The monoisotopic (exact) mass is 261 g/mol. The number of benzene rings is 1. The average molecular weight is 261 g/mol. The highest BCUT2D eigenvalue weighted by molar-refractivity contribution is 7.21. The van der Waals surface area contributed by atoms with Crippen molar-refractivity contribution < 1.29 is 14.1 Å². The molecule has 90 valence electrons. The Morgan fingerprint density at radius 1 is 1.28 bits per heavy atom. The van der Waals surface area contributed by atoms with Crippen LogP contribution in [0.5, 0.6) is 5.75 Å². The van der Waals surface area contributed by atoms with E-state index in [0.29, 0.717) is 0 Å². The number of aromatic nitrogens is 2. The molecular weight excluding hydrogens is 251 g/mol. The number of phenolic OH excluding ortho intramolecular Hbond substituents is 1. The predicted octanol–water partition coefficient (Wildman–Crippen LogP) is 2.63. The van der Waals surface area contributed by atoms with Gasteiger partial charge in [0.1, 0.15) is 17.8 Å². The van der Waals surface area contributed by atoms with Crippen LogP contribution < -0.4 is 4.57 Å². The number of fused-ring (bicyclic) bond motifs is 1. The van der Waals surface area contributed by atoms with Gasteiger partial charge in [-0.15, -0.1) is 15.7 Å². The van der Waals surface area contributed by atoms with Crippen LogP contribution in [0.1, 0.15) is 0 Å². The van der Waals surface area contributed by atoms with Crippen molar-refractivity contribution in [3.05, 3.63) is 42.5 Å². The first-order valence-corrected chi connectivity index (χ1v) is 6.20. The maximum absolute atomic E-state index is 13.5. The number of hydrogen-bond acceptors (Lipinski definition) is 3. The van der Waals surface area contributed by atoms with E-state index in [0.717, 1.165) is 20.8 Å². The summed E-state index contributed by atoms with van der Waals surface area (Å²) in [5, 5.41) is 10.2. The van der Waals surface area contributed by atoms with Crippen LogP contribution in [0.2, 0.25) is 0 Å². The van der Waals surface area contributed by atoms with Crippen LogP contribution in [-0.4, -0.2) is 10.1 Å². The van der Waals surface area contributed by atoms with Crippen LogP contribution in [0.4, 0.5) is 4.39 Å². The van der Waals surface area contributed by atoms with Crippen LogP contribution in [0.15, 0.2) is 36.5 Å². The van der Waals surface area contributed by atoms with Gasteiger partial charge in [-0.2, -0.15) is 4.57 Å². The summed E-state index contributed by atoms with van der Waals surface area (Å²) in [4.78, 5) is 4.43. The molecule has 5 heteroatoms. The van der Waals surface area contributed by atoms with Gasteiger partial charge in [-0.3, -0.25) is 0 Å². The molecule has 0 saturated heterocycles. The van der Waals surface area contributed by atoms with Gasteiger partial charge in [-0.25, -0.2) is 4.98 Å². The first kappa shape index (κ1) is 11.1. The Balaban J connectivity index is 2.16. The van der Waals surface area contributed by atoms with Crippen LogP contribution in [0.3, 0.4) is 0 Å². The molecule has 0 spiro atoms. The van der Waals surface area contributed by atoms with Gasteiger partial charge in [-0.1, -0.05) is 0 Å². The molecule has 0 radical (unpaired) electrons. The van der Waals surface area contributed by atoms with Gasteiger partial charge in [0, 0.05) is 11.6 Å². The van der Waals surface area contributed by atoms with Gasteiger partial charge >= 0.3 is 5.95 Å². The number of nitrogens with zero attached hydrogens (tertiary/aromatic N) is 2. The fraction of sp³-hybridized carbons (Fsp3) is 0.0769. The summed E-state index contributed by atoms with van der Waals surface area (Å²) in [5.74, 6) is -0.0991. The zero-order valence-corrected chi connectivity index (χ0v) is 10.4. The Bertz CT molecular complexity index is 739. The van der Waals surface area contributed by atoms with Crippen molar-refractivity contribution in [2.75, 3.05) is 0 Å². The van der Waals surface area contributed by atoms with Crippen molar-refractivity contribution in [1.82, 2.24) is 4.98 Å². The Morgan fingerprint density at radius 3 is 2.89 bits per heavy atom. The van der Waals surface area contributed by atoms with Gasteiger partial charge in [0.25, 0.3) is 0 Å². The SMILES string of the molecule is C[n+]1ccc(-c2nc3ccc(O)cc3s2)cc1F. The Hall–Kier alpha value is -2.01. The minimum atomic E-state index is -0.311. The summed E-state index contributed by atoms with van der Waals surface area (Å²) in [6, 6.07) is 8.29. The van der Waals surface area contributed by atoms with Gasteiger partial charge < -0.3 is 5.11 Å². The van der Waals surface area contributed by atoms with E-state index in [1.54, 1.807) is 31.4 Å². The van der Waals surface area contributed by atoms with Gasteiger partial charge in [0.2, 0.25) is 0 Å². The Labute approximate surface area is 107 Å². The predicted molar refractivity (Wildman–Crippen MR) is 67.9 cm³/mol. The Kier molecular flexibility index (Phi) is 2.48. The van der Waals surface area contributed by atoms with Gasteiger partial charge in [0.15, 0.2) is 6.20 Å². The molecule has 0 aliphatic heterocycles. The minimum absolute atomic E-state index is 0.211. The van der Waals surface area contributed by atoms with E-state index in [1.807, 2.05) is 6.07 Å². The lowest BCUT2D eigenvalue weighted by atomic mass is 10.3. The van der Waals surface area contributed by atoms with Crippen molar-refractivity contribution in [1.29, 1.82) is 0 Å². The zero-order chi connectivity index (χ0) is 12.7. The van der Waals surface area contributed by atoms with Crippen molar-refractivity contribution in [3.63, 3.8) is 0 Å². The van der Waals surface area contributed by atoms with E-state index in [-0.39, 0.29) is 11.7 Å². The molecule has 0 amide bonds. The molecule has 3 aromatic rings. The normalized spacial score (nSPS) is 11.0. The van der Waals surface area contributed by atoms with Crippen molar-refractivity contribution in [2.24, 2.45) is 7.05 Å². The molecule has 0 bridgehead atoms. The standard InChI is InChI=1S/C13H9FN2OS/c1-16-5-4-8(6-12(16)14)13-15-10-3-2-9(17)7-11(10)18-13/h2-7H,1H3/p+1. The summed E-state index contributed by atoms with van der Waals surface area (Å²) in [7, 11) is 1.65. The van der Waals surface area contributed by atoms with E-state index in [2.05, 4.69) is 4.98 Å². The van der Waals surface area contributed by atoms with E-state index in [4.69, 9.17) is 0 Å². The molecule has 3 nitrogen and oxygen atoms in total.